The minimum atomic E-state index is -1.22. The lowest BCUT2D eigenvalue weighted by Gasteiger charge is -2.11. The lowest BCUT2D eigenvalue weighted by Crippen LogP contribution is -2.04. The number of aromatic nitrogens is 4. The van der Waals surface area contributed by atoms with Crippen molar-refractivity contribution in [1.82, 2.24) is 20.2 Å². The number of benzene rings is 1. The topological polar surface area (TPSA) is 101 Å². The Kier molecular flexibility index (Phi) is 3.85. The van der Waals surface area contributed by atoms with E-state index in [1.807, 2.05) is 0 Å². The van der Waals surface area contributed by atoms with Crippen molar-refractivity contribution >= 4 is 33.4 Å². The minimum Gasteiger partial charge on any atom is -0.612 e. The summed E-state index contributed by atoms with van der Waals surface area (Å²) in [6.07, 6.45) is 6.33. The van der Waals surface area contributed by atoms with Crippen LogP contribution in [0.1, 0.15) is 0 Å². The zero-order chi connectivity index (χ0) is 15.0. The molecule has 2 atom stereocenters. The fourth-order valence-electron chi connectivity index (χ4n) is 2.02. The van der Waals surface area contributed by atoms with Gasteiger partial charge in [-0.25, -0.2) is 4.98 Å². The van der Waals surface area contributed by atoms with Crippen molar-refractivity contribution in [3.63, 3.8) is 0 Å². The van der Waals surface area contributed by atoms with E-state index in [1.54, 1.807) is 43.1 Å². The molecule has 1 N–H and O–H groups in total. The minimum absolute atomic E-state index is 0.596. The van der Waals surface area contributed by atoms with Crippen molar-refractivity contribution in [3.8, 4) is 11.4 Å². The number of nitrogens with one attached hydrogen (secondary N) is 1. The molecule has 2 unspecified atom stereocenters. The van der Waals surface area contributed by atoms with Gasteiger partial charge in [0.2, 0.25) is 0 Å². The highest BCUT2D eigenvalue weighted by Gasteiger charge is 2.20. The Hall–Kier alpha value is -1.61. The Labute approximate surface area is 127 Å². The third-order valence-electron chi connectivity index (χ3n) is 3.04. The van der Waals surface area contributed by atoms with E-state index in [-0.39, 0.29) is 0 Å². The fourth-order valence-corrected chi connectivity index (χ4v) is 3.40. The Balaban J connectivity index is 2.16. The Bertz CT molecular complexity index is 756. The molecule has 0 aliphatic rings. The number of imidazole rings is 1. The summed E-state index contributed by atoms with van der Waals surface area (Å²) in [5, 5.41) is 7.58. The number of aromatic amines is 1. The molecular formula is C13H12N4O2S2. The van der Waals surface area contributed by atoms with Crippen LogP contribution in [0.3, 0.4) is 0 Å². The van der Waals surface area contributed by atoms with Crippen LogP contribution in [0.2, 0.25) is 0 Å². The molecule has 6 nitrogen and oxygen atoms in total. The number of hydrogen-bond donors (Lipinski definition) is 1. The highest BCUT2D eigenvalue weighted by molar-refractivity contribution is 7.91. The Morgan fingerprint density at radius 1 is 1.05 bits per heavy atom. The molecule has 0 saturated heterocycles. The van der Waals surface area contributed by atoms with Crippen molar-refractivity contribution in [2.24, 2.45) is 0 Å². The van der Waals surface area contributed by atoms with Crippen LogP contribution in [-0.4, -0.2) is 41.8 Å². The summed E-state index contributed by atoms with van der Waals surface area (Å²) in [7, 11) is 0. The molecule has 0 amide bonds. The van der Waals surface area contributed by atoms with Crippen LogP contribution in [0.4, 0.5) is 0 Å². The van der Waals surface area contributed by atoms with E-state index >= 15 is 0 Å². The summed E-state index contributed by atoms with van der Waals surface area (Å²) in [5.41, 5.74) is 2.17. The van der Waals surface area contributed by atoms with Gasteiger partial charge in [0.15, 0.2) is 9.79 Å². The summed E-state index contributed by atoms with van der Waals surface area (Å²) in [4.78, 5) is 8.81. The lowest BCUT2D eigenvalue weighted by atomic mass is 10.2. The smallest absolute Gasteiger partial charge is 0.168 e. The standard InChI is InChI=1S/C13H12N4O2S2/c1-20(18)8-3-4-9(12(5-8)21(2)19)13-16-10-6-14-15-7-11(10)17-13/h3-7H,1-2H3,(H,16,17). The highest BCUT2D eigenvalue weighted by Crippen LogP contribution is 2.29. The van der Waals surface area contributed by atoms with Crippen molar-refractivity contribution in [3.05, 3.63) is 30.6 Å². The van der Waals surface area contributed by atoms with Gasteiger partial charge in [-0.05, 0) is 34.5 Å². The summed E-state index contributed by atoms with van der Waals surface area (Å²) in [6.45, 7) is 0. The molecule has 2 aromatic heterocycles. The summed E-state index contributed by atoms with van der Waals surface area (Å²) in [5.74, 6) is 0.596. The molecule has 0 bridgehead atoms. The maximum absolute atomic E-state index is 12.0. The van der Waals surface area contributed by atoms with Crippen molar-refractivity contribution in [1.29, 1.82) is 0 Å². The van der Waals surface area contributed by atoms with Gasteiger partial charge in [-0.3, -0.25) is 0 Å². The number of H-pyrrole nitrogens is 1. The molecule has 0 aliphatic heterocycles. The van der Waals surface area contributed by atoms with E-state index in [9.17, 15) is 9.11 Å². The first-order valence-corrected chi connectivity index (χ1v) is 9.15. The first kappa shape index (κ1) is 14.3. The van der Waals surface area contributed by atoms with Gasteiger partial charge in [0, 0.05) is 6.07 Å². The zero-order valence-corrected chi connectivity index (χ0v) is 13.0. The molecular weight excluding hydrogens is 308 g/mol. The molecule has 3 rings (SSSR count). The van der Waals surface area contributed by atoms with Crippen LogP contribution < -0.4 is 0 Å². The van der Waals surface area contributed by atoms with Crippen LogP contribution >= 0.6 is 0 Å². The second kappa shape index (κ2) is 5.64. The molecule has 0 spiro atoms. The van der Waals surface area contributed by atoms with Gasteiger partial charge >= 0.3 is 0 Å². The molecule has 3 aromatic rings. The Morgan fingerprint density at radius 2 is 1.81 bits per heavy atom. The lowest BCUT2D eigenvalue weighted by molar-refractivity contribution is 0.598. The van der Waals surface area contributed by atoms with Gasteiger partial charge in [-0.2, -0.15) is 10.2 Å². The predicted octanol–water partition coefficient (Wildman–Crippen LogP) is 1.49. The van der Waals surface area contributed by atoms with E-state index in [2.05, 4.69) is 20.2 Å². The quantitative estimate of drug-likeness (QED) is 0.737. The molecule has 21 heavy (non-hydrogen) atoms. The first-order valence-electron chi connectivity index (χ1n) is 6.04. The number of fused-ring (bicyclic) bond motifs is 1. The largest absolute Gasteiger partial charge is 0.612 e. The van der Waals surface area contributed by atoms with Gasteiger partial charge in [0.25, 0.3) is 0 Å². The van der Waals surface area contributed by atoms with Gasteiger partial charge in [0.05, 0.1) is 23.5 Å². The molecule has 2 heterocycles. The summed E-state index contributed by atoms with van der Waals surface area (Å²) >= 11 is -2.34. The molecule has 8 heteroatoms. The molecule has 0 radical (unpaired) electrons. The zero-order valence-electron chi connectivity index (χ0n) is 11.4. The molecule has 108 valence electrons. The average molecular weight is 320 g/mol. The maximum atomic E-state index is 12.0. The van der Waals surface area contributed by atoms with Crippen LogP contribution in [0, 0.1) is 0 Å². The van der Waals surface area contributed by atoms with Crippen molar-refractivity contribution in [2.75, 3.05) is 12.5 Å². The normalized spacial score (nSPS) is 14.3. The highest BCUT2D eigenvalue weighted by atomic mass is 32.2. The number of nitrogens with zero attached hydrogens (tertiary/aromatic N) is 3. The molecule has 0 fully saturated rings. The average Bonchev–Trinajstić information content (AvgIpc) is 2.90. The van der Waals surface area contributed by atoms with Gasteiger partial charge in [-0.1, -0.05) is 0 Å². The predicted molar refractivity (Wildman–Crippen MR) is 81.8 cm³/mol. The van der Waals surface area contributed by atoms with E-state index < -0.39 is 22.4 Å². The summed E-state index contributed by atoms with van der Waals surface area (Å²) < 4.78 is 23.6. The van der Waals surface area contributed by atoms with E-state index in [4.69, 9.17) is 0 Å². The van der Waals surface area contributed by atoms with E-state index in [0.717, 1.165) is 11.1 Å². The molecule has 0 aliphatic carbocycles. The second-order valence-corrected chi connectivity index (χ2v) is 7.17. The van der Waals surface area contributed by atoms with Gasteiger partial charge in [0.1, 0.15) is 23.9 Å². The summed E-state index contributed by atoms with van der Waals surface area (Å²) in [6, 6.07) is 5.24. The van der Waals surface area contributed by atoms with Crippen LogP contribution in [0.15, 0.2) is 40.4 Å². The van der Waals surface area contributed by atoms with Crippen molar-refractivity contribution < 1.29 is 9.11 Å². The van der Waals surface area contributed by atoms with Crippen LogP contribution in [0.5, 0.6) is 0 Å². The number of hydrogen-bond acceptors (Lipinski definition) is 5. The third-order valence-corrected chi connectivity index (χ3v) is 4.92. The fraction of sp³-hybridized carbons (Fsp3) is 0.154. The Morgan fingerprint density at radius 3 is 2.48 bits per heavy atom. The van der Waals surface area contributed by atoms with Crippen LogP contribution in [0.25, 0.3) is 22.4 Å². The van der Waals surface area contributed by atoms with Gasteiger partial charge < -0.3 is 14.1 Å². The van der Waals surface area contributed by atoms with E-state index in [1.165, 1.54) is 0 Å². The molecule has 0 saturated carbocycles. The van der Waals surface area contributed by atoms with Crippen molar-refractivity contribution in [2.45, 2.75) is 9.79 Å². The second-order valence-electron chi connectivity index (χ2n) is 4.44. The first-order chi connectivity index (χ1) is 10.1. The SMILES string of the molecule is C[S+]([O-])c1ccc(-c2nc3cnncc3[nH]2)c([S+](C)[O-])c1. The van der Waals surface area contributed by atoms with E-state index in [0.29, 0.717) is 21.1 Å². The van der Waals surface area contributed by atoms with Crippen LogP contribution in [-0.2, 0) is 22.4 Å². The monoisotopic (exact) mass is 320 g/mol. The number of rotatable bonds is 3. The molecule has 1 aromatic carbocycles. The maximum Gasteiger partial charge on any atom is 0.168 e. The third kappa shape index (κ3) is 2.75. The van der Waals surface area contributed by atoms with Gasteiger partial charge in [-0.15, -0.1) is 0 Å².